The number of fused-ring (bicyclic) bond motifs is 1. The van der Waals surface area contributed by atoms with Crippen LogP contribution in [0.2, 0.25) is 0 Å². The first-order valence-corrected chi connectivity index (χ1v) is 13.9. The number of nitrogens with one attached hydrogen (secondary N) is 2. The van der Waals surface area contributed by atoms with E-state index in [0.717, 1.165) is 28.3 Å². The number of hydrogen-bond donors (Lipinski definition) is 5. The zero-order valence-corrected chi connectivity index (χ0v) is 21.9. The number of hydrogen-bond acceptors (Lipinski definition) is 7. The van der Waals surface area contributed by atoms with Crippen LogP contribution in [0.5, 0.6) is 0 Å². The molecule has 38 heavy (non-hydrogen) atoms. The summed E-state index contributed by atoms with van der Waals surface area (Å²) in [5.74, 6) is -0.628. The highest BCUT2D eigenvalue weighted by Gasteiger charge is 2.17. The number of aliphatic hydroxyl groups is 1. The van der Waals surface area contributed by atoms with Gasteiger partial charge in [0, 0.05) is 47.5 Å². The summed E-state index contributed by atoms with van der Waals surface area (Å²) in [6.07, 6.45) is 2.62. The molecule has 0 saturated carbocycles. The number of aromatic nitrogens is 2. The molecule has 0 aliphatic heterocycles. The Morgan fingerprint density at radius 2 is 1.79 bits per heavy atom. The molecule has 200 valence electrons. The van der Waals surface area contributed by atoms with E-state index in [1.807, 2.05) is 25.1 Å². The molecule has 0 saturated heterocycles. The lowest BCUT2D eigenvalue weighted by Crippen LogP contribution is -2.32. The van der Waals surface area contributed by atoms with Gasteiger partial charge in [-0.3, -0.25) is 4.72 Å². The van der Waals surface area contributed by atoms with Gasteiger partial charge in [-0.05, 0) is 60.9 Å². The van der Waals surface area contributed by atoms with Gasteiger partial charge in [0.25, 0.3) is 0 Å². The Hall–Kier alpha value is -3.93. The summed E-state index contributed by atoms with van der Waals surface area (Å²) in [7, 11) is -3.38. The van der Waals surface area contributed by atoms with Crippen LogP contribution in [-0.2, 0) is 23.0 Å². The van der Waals surface area contributed by atoms with E-state index >= 15 is 0 Å². The lowest BCUT2D eigenvalue weighted by atomic mass is 10.0. The van der Waals surface area contributed by atoms with Crippen molar-refractivity contribution in [1.29, 1.82) is 0 Å². The van der Waals surface area contributed by atoms with E-state index < -0.39 is 22.1 Å². The van der Waals surface area contributed by atoms with Crippen molar-refractivity contribution >= 4 is 38.4 Å². The summed E-state index contributed by atoms with van der Waals surface area (Å²) in [4.78, 5) is 16.0. The normalized spacial score (nSPS) is 13.3. The smallest absolute Gasteiger partial charge is 0.352 e. The molecule has 2 aromatic carbocycles. The number of carbonyl (C=O) groups is 1. The molecule has 2 atom stereocenters. The third-order valence-corrected chi connectivity index (χ3v) is 6.78. The maximum absolute atomic E-state index is 12.0. The molecule has 4 rings (SSSR count). The van der Waals surface area contributed by atoms with E-state index in [9.17, 15) is 23.4 Å². The van der Waals surface area contributed by atoms with Crippen LogP contribution in [0, 0.1) is 0 Å². The third kappa shape index (κ3) is 6.88. The maximum atomic E-state index is 12.0. The standard InChI is InChI=1S/C27H31N5O5S/c1-17(29-15-25(33)20-6-10-26(28)30-14-20)11-19-5-9-23-21(12-19)13-24(27(34)35)32(23)16-18-3-7-22(8-4-18)31-38(2,36)37/h3-10,12-14,17,25,29,31,33H,11,15-16H2,1-2H3,(H2,28,30)(H,34,35). The number of aromatic carboxylic acids is 1. The predicted octanol–water partition coefficient (Wildman–Crippen LogP) is 2.99. The van der Waals surface area contributed by atoms with Crippen molar-refractivity contribution in [2.24, 2.45) is 0 Å². The van der Waals surface area contributed by atoms with Crippen LogP contribution < -0.4 is 15.8 Å². The SMILES string of the molecule is CC(Cc1ccc2c(c1)cc(C(=O)O)n2Cc1ccc(NS(C)(=O)=O)cc1)NCC(O)c1ccc(N)nc1. The predicted molar refractivity (Wildman–Crippen MR) is 148 cm³/mol. The topological polar surface area (TPSA) is 160 Å². The molecule has 0 fully saturated rings. The minimum Gasteiger partial charge on any atom is -0.477 e. The molecule has 0 aliphatic rings. The quantitative estimate of drug-likeness (QED) is 0.195. The van der Waals surface area contributed by atoms with E-state index in [1.165, 1.54) is 0 Å². The summed E-state index contributed by atoms with van der Waals surface area (Å²) in [5, 5.41) is 24.4. The highest BCUT2D eigenvalue weighted by atomic mass is 32.2. The van der Waals surface area contributed by atoms with Crippen molar-refractivity contribution in [2.45, 2.75) is 32.0 Å². The van der Waals surface area contributed by atoms with Gasteiger partial charge in [-0.2, -0.15) is 0 Å². The Kier molecular flexibility index (Phi) is 8.00. The molecule has 11 heteroatoms. The van der Waals surface area contributed by atoms with Crippen molar-refractivity contribution in [3.8, 4) is 0 Å². The van der Waals surface area contributed by atoms with Crippen molar-refractivity contribution in [2.75, 3.05) is 23.3 Å². The fraction of sp³-hybridized carbons (Fsp3) is 0.259. The number of nitrogens with two attached hydrogens (primary N) is 1. The number of nitrogens with zero attached hydrogens (tertiary/aromatic N) is 2. The molecule has 2 aromatic heterocycles. The molecule has 0 amide bonds. The lowest BCUT2D eigenvalue weighted by Gasteiger charge is -2.17. The Labute approximate surface area is 221 Å². The largest absolute Gasteiger partial charge is 0.477 e. The second-order valence-corrected chi connectivity index (χ2v) is 11.2. The van der Waals surface area contributed by atoms with Gasteiger partial charge in [-0.15, -0.1) is 0 Å². The van der Waals surface area contributed by atoms with Crippen molar-refractivity contribution < 1.29 is 23.4 Å². The van der Waals surface area contributed by atoms with Gasteiger partial charge in [-0.1, -0.05) is 24.3 Å². The van der Waals surface area contributed by atoms with Crippen LogP contribution in [0.4, 0.5) is 11.5 Å². The van der Waals surface area contributed by atoms with Crippen molar-refractivity contribution in [3.63, 3.8) is 0 Å². The molecule has 0 bridgehead atoms. The Bertz CT molecular complexity index is 1530. The monoisotopic (exact) mass is 537 g/mol. The van der Waals surface area contributed by atoms with Gasteiger partial charge in [0.2, 0.25) is 10.0 Å². The Morgan fingerprint density at radius 3 is 2.42 bits per heavy atom. The molecule has 2 unspecified atom stereocenters. The maximum Gasteiger partial charge on any atom is 0.352 e. The van der Waals surface area contributed by atoms with Gasteiger partial charge in [0.15, 0.2) is 0 Å². The Morgan fingerprint density at radius 1 is 1.08 bits per heavy atom. The summed E-state index contributed by atoms with van der Waals surface area (Å²) < 4.78 is 27.0. The number of rotatable bonds is 11. The lowest BCUT2D eigenvalue weighted by molar-refractivity contribution is 0.0686. The molecular formula is C27H31N5O5S. The number of sulfonamides is 1. The average molecular weight is 538 g/mol. The number of nitrogen functional groups attached to an aromatic ring is 1. The van der Waals surface area contributed by atoms with Gasteiger partial charge in [0.1, 0.15) is 11.5 Å². The van der Waals surface area contributed by atoms with Crippen LogP contribution in [0.25, 0.3) is 10.9 Å². The molecule has 0 radical (unpaired) electrons. The first-order chi connectivity index (χ1) is 18.0. The second kappa shape index (κ2) is 11.2. The molecule has 2 heterocycles. The first kappa shape index (κ1) is 27.1. The van der Waals surface area contributed by atoms with Crippen LogP contribution in [0.15, 0.2) is 66.9 Å². The molecule has 0 spiro atoms. The first-order valence-electron chi connectivity index (χ1n) is 12.0. The van der Waals surface area contributed by atoms with E-state index in [1.54, 1.807) is 53.2 Å². The highest BCUT2D eigenvalue weighted by molar-refractivity contribution is 7.92. The van der Waals surface area contributed by atoms with Crippen LogP contribution >= 0.6 is 0 Å². The van der Waals surface area contributed by atoms with E-state index in [4.69, 9.17) is 5.73 Å². The van der Waals surface area contributed by atoms with E-state index in [2.05, 4.69) is 15.0 Å². The van der Waals surface area contributed by atoms with Crippen LogP contribution in [0.1, 0.15) is 40.2 Å². The van der Waals surface area contributed by atoms with Crippen LogP contribution in [-0.4, -0.2) is 53.0 Å². The van der Waals surface area contributed by atoms with E-state index in [-0.39, 0.29) is 11.7 Å². The molecular weight excluding hydrogens is 506 g/mol. The number of anilines is 2. The Balaban J connectivity index is 1.46. The minimum absolute atomic E-state index is 0.0592. The molecule has 0 aliphatic carbocycles. The summed E-state index contributed by atoms with van der Waals surface area (Å²) >= 11 is 0. The van der Waals surface area contributed by atoms with Gasteiger partial charge < -0.3 is 25.8 Å². The highest BCUT2D eigenvalue weighted by Crippen LogP contribution is 2.24. The summed E-state index contributed by atoms with van der Waals surface area (Å²) in [5.41, 5.74) is 9.55. The molecule has 10 nitrogen and oxygen atoms in total. The van der Waals surface area contributed by atoms with Crippen LogP contribution in [0.3, 0.4) is 0 Å². The van der Waals surface area contributed by atoms with Gasteiger partial charge >= 0.3 is 5.97 Å². The summed E-state index contributed by atoms with van der Waals surface area (Å²) in [6.45, 7) is 2.70. The molecule has 6 N–H and O–H groups in total. The number of pyridine rings is 1. The van der Waals surface area contributed by atoms with Gasteiger partial charge in [-0.25, -0.2) is 18.2 Å². The number of benzene rings is 2. The zero-order valence-electron chi connectivity index (χ0n) is 21.1. The third-order valence-electron chi connectivity index (χ3n) is 6.18. The molecule has 4 aromatic rings. The van der Waals surface area contributed by atoms with E-state index in [0.29, 0.717) is 36.6 Å². The fourth-order valence-electron chi connectivity index (χ4n) is 4.34. The number of carboxylic acids is 1. The fourth-order valence-corrected chi connectivity index (χ4v) is 4.90. The number of aliphatic hydroxyl groups excluding tert-OH is 1. The summed E-state index contributed by atoms with van der Waals surface area (Å²) in [6, 6.07) is 17.8. The zero-order chi connectivity index (χ0) is 27.4. The number of carboxylic acid groups (broad SMARTS) is 1. The van der Waals surface area contributed by atoms with Crippen molar-refractivity contribution in [1.82, 2.24) is 14.9 Å². The van der Waals surface area contributed by atoms with Gasteiger partial charge in [0.05, 0.1) is 12.4 Å². The minimum atomic E-state index is -3.38. The van der Waals surface area contributed by atoms with Crippen molar-refractivity contribution in [3.05, 3.63) is 89.2 Å². The average Bonchev–Trinajstić information content (AvgIpc) is 3.21. The second-order valence-electron chi connectivity index (χ2n) is 9.43.